The lowest BCUT2D eigenvalue weighted by Gasteiger charge is -2.11. The summed E-state index contributed by atoms with van der Waals surface area (Å²) < 4.78 is 0.816. The van der Waals surface area contributed by atoms with Crippen LogP contribution in [-0.4, -0.2) is 42.5 Å². The first-order valence-corrected chi connectivity index (χ1v) is 6.45. The molecule has 0 unspecified atom stereocenters. The van der Waals surface area contributed by atoms with Gasteiger partial charge in [-0.25, -0.2) is 4.79 Å². The number of carbonyl (C=O) groups excluding carboxylic acids is 1. The van der Waals surface area contributed by atoms with Crippen molar-refractivity contribution < 1.29 is 14.7 Å². The molecule has 6 heteroatoms. The molecule has 0 aliphatic rings. The Labute approximate surface area is 119 Å². The molecule has 0 heterocycles. The molecule has 0 atom stereocenters. The summed E-state index contributed by atoms with van der Waals surface area (Å²) in [4.78, 5) is 24.6. The van der Waals surface area contributed by atoms with Crippen molar-refractivity contribution in [2.24, 2.45) is 0 Å². The van der Waals surface area contributed by atoms with Crippen LogP contribution in [0.3, 0.4) is 0 Å². The van der Waals surface area contributed by atoms with Crippen LogP contribution in [0.15, 0.2) is 18.2 Å². The van der Waals surface area contributed by atoms with Crippen molar-refractivity contribution in [1.82, 2.24) is 4.90 Å². The van der Waals surface area contributed by atoms with E-state index in [1.807, 2.05) is 41.6 Å². The molecule has 1 rings (SSSR count). The molecule has 1 aromatic carbocycles. The van der Waals surface area contributed by atoms with Crippen LogP contribution in [0, 0.1) is 3.57 Å². The average molecular weight is 362 g/mol. The minimum atomic E-state index is -1.04. The number of nitrogens with zero attached hydrogens (tertiary/aromatic N) is 1. The Morgan fingerprint density at radius 2 is 2.06 bits per heavy atom. The highest BCUT2D eigenvalue weighted by Gasteiger charge is 2.12. The van der Waals surface area contributed by atoms with Crippen LogP contribution in [0.1, 0.15) is 16.8 Å². The van der Waals surface area contributed by atoms with Crippen molar-refractivity contribution in [1.29, 1.82) is 0 Å². The van der Waals surface area contributed by atoms with Crippen molar-refractivity contribution in [2.45, 2.75) is 6.42 Å². The van der Waals surface area contributed by atoms with E-state index in [2.05, 4.69) is 5.32 Å². The van der Waals surface area contributed by atoms with Gasteiger partial charge in [-0.2, -0.15) is 0 Å². The van der Waals surface area contributed by atoms with Crippen LogP contribution < -0.4 is 5.32 Å². The summed E-state index contributed by atoms with van der Waals surface area (Å²) in [5.74, 6) is -1.23. The van der Waals surface area contributed by atoms with E-state index >= 15 is 0 Å². The Morgan fingerprint density at radius 1 is 1.39 bits per heavy atom. The van der Waals surface area contributed by atoms with Crippen molar-refractivity contribution in [3.63, 3.8) is 0 Å². The van der Waals surface area contributed by atoms with Gasteiger partial charge >= 0.3 is 5.97 Å². The van der Waals surface area contributed by atoms with Gasteiger partial charge in [0.2, 0.25) is 5.91 Å². The fourth-order valence-corrected chi connectivity index (χ4v) is 1.83. The topological polar surface area (TPSA) is 69.6 Å². The molecule has 5 nitrogen and oxygen atoms in total. The Balaban J connectivity index is 2.78. The maximum Gasteiger partial charge on any atom is 0.337 e. The molecule has 18 heavy (non-hydrogen) atoms. The molecule has 0 aromatic heterocycles. The number of halogens is 1. The Hall–Kier alpha value is -1.15. The first-order chi connectivity index (χ1) is 8.40. The number of hydrogen-bond acceptors (Lipinski definition) is 3. The van der Waals surface area contributed by atoms with Crippen LogP contribution in [0.25, 0.3) is 0 Å². The standard InChI is InChI=1S/C12H15IN2O3/c1-15(2)6-5-11(16)14-10-4-3-8(13)7-9(10)12(17)18/h3-4,7H,5-6H2,1-2H3,(H,14,16)(H,17,18). The highest BCUT2D eigenvalue weighted by molar-refractivity contribution is 14.1. The molecule has 0 aliphatic carbocycles. The van der Waals surface area contributed by atoms with Crippen LogP contribution in [0.4, 0.5) is 5.69 Å². The fourth-order valence-electron chi connectivity index (χ4n) is 1.34. The molecular formula is C12H15IN2O3. The zero-order valence-corrected chi connectivity index (χ0v) is 12.4. The maximum atomic E-state index is 11.6. The molecule has 0 spiro atoms. The minimum Gasteiger partial charge on any atom is -0.478 e. The predicted octanol–water partition coefficient (Wildman–Crippen LogP) is 1.88. The number of carboxylic acids is 1. The van der Waals surface area contributed by atoms with E-state index < -0.39 is 5.97 Å². The lowest BCUT2D eigenvalue weighted by atomic mass is 10.2. The van der Waals surface area contributed by atoms with Crippen molar-refractivity contribution in [3.8, 4) is 0 Å². The third kappa shape index (κ3) is 4.61. The van der Waals surface area contributed by atoms with Crippen LogP contribution in [0.2, 0.25) is 0 Å². The number of hydrogen-bond donors (Lipinski definition) is 2. The summed E-state index contributed by atoms with van der Waals surface area (Å²) in [6, 6.07) is 4.90. The van der Waals surface area contributed by atoms with Gasteiger partial charge in [-0.3, -0.25) is 4.79 Å². The van der Waals surface area contributed by atoms with Gasteiger partial charge in [-0.1, -0.05) is 0 Å². The highest BCUT2D eigenvalue weighted by Crippen LogP contribution is 2.19. The average Bonchev–Trinajstić information content (AvgIpc) is 2.28. The molecule has 1 aromatic rings. The van der Waals surface area contributed by atoms with E-state index in [0.717, 1.165) is 3.57 Å². The number of carboxylic acid groups (broad SMARTS) is 1. The number of rotatable bonds is 5. The van der Waals surface area contributed by atoms with E-state index in [-0.39, 0.29) is 11.5 Å². The van der Waals surface area contributed by atoms with Crippen LogP contribution in [-0.2, 0) is 4.79 Å². The lowest BCUT2D eigenvalue weighted by Crippen LogP contribution is -2.21. The third-order valence-electron chi connectivity index (χ3n) is 2.27. The third-order valence-corrected chi connectivity index (χ3v) is 2.94. The zero-order chi connectivity index (χ0) is 13.7. The summed E-state index contributed by atoms with van der Waals surface area (Å²) in [5.41, 5.74) is 0.451. The number of benzene rings is 1. The van der Waals surface area contributed by atoms with E-state index in [1.165, 1.54) is 6.07 Å². The van der Waals surface area contributed by atoms with Gasteiger partial charge in [-0.15, -0.1) is 0 Å². The number of carbonyl (C=O) groups is 2. The lowest BCUT2D eigenvalue weighted by molar-refractivity contribution is -0.116. The van der Waals surface area contributed by atoms with E-state index in [9.17, 15) is 9.59 Å². The van der Waals surface area contributed by atoms with Crippen molar-refractivity contribution in [3.05, 3.63) is 27.3 Å². The normalized spacial score (nSPS) is 10.4. The summed E-state index contributed by atoms with van der Waals surface area (Å²) in [6.07, 6.45) is 0.331. The van der Waals surface area contributed by atoms with Gasteiger partial charge in [0.25, 0.3) is 0 Å². The summed E-state index contributed by atoms with van der Waals surface area (Å²) in [7, 11) is 3.75. The summed E-state index contributed by atoms with van der Waals surface area (Å²) >= 11 is 2.03. The van der Waals surface area contributed by atoms with Crippen LogP contribution in [0.5, 0.6) is 0 Å². The first kappa shape index (κ1) is 14.9. The minimum absolute atomic E-state index is 0.111. The van der Waals surface area contributed by atoms with Gasteiger partial charge in [0, 0.05) is 16.5 Å². The molecule has 98 valence electrons. The molecule has 0 bridgehead atoms. The van der Waals surface area contributed by atoms with E-state index in [0.29, 0.717) is 18.7 Å². The number of amides is 1. The second-order valence-corrected chi connectivity index (χ2v) is 5.34. The zero-order valence-electron chi connectivity index (χ0n) is 10.2. The van der Waals surface area contributed by atoms with Crippen molar-refractivity contribution in [2.75, 3.05) is 26.0 Å². The van der Waals surface area contributed by atoms with Gasteiger partial charge in [0.15, 0.2) is 0 Å². The number of anilines is 1. The maximum absolute atomic E-state index is 11.6. The van der Waals surface area contributed by atoms with Gasteiger partial charge in [0.1, 0.15) is 0 Å². The molecular weight excluding hydrogens is 347 g/mol. The van der Waals surface area contributed by atoms with E-state index in [4.69, 9.17) is 5.11 Å². The highest BCUT2D eigenvalue weighted by atomic mass is 127. The Bertz CT molecular complexity index is 461. The molecule has 0 aliphatic heterocycles. The summed E-state index contributed by atoms with van der Waals surface area (Å²) in [5, 5.41) is 11.7. The molecule has 1 amide bonds. The molecule has 0 fully saturated rings. The van der Waals surface area contributed by atoms with Gasteiger partial charge in [-0.05, 0) is 54.9 Å². The fraction of sp³-hybridized carbons (Fsp3) is 0.333. The van der Waals surface area contributed by atoms with Crippen molar-refractivity contribution >= 4 is 40.2 Å². The molecule has 0 saturated heterocycles. The second-order valence-electron chi connectivity index (χ2n) is 4.10. The molecule has 2 N–H and O–H groups in total. The number of nitrogens with one attached hydrogen (secondary N) is 1. The van der Waals surface area contributed by atoms with Crippen LogP contribution >= 0.6 is 22.6 Å². The Kier molecular flexibility index (Phi) is 5.54. The second kappa shape index (κ2) is 6.69. The summed E-state index contributed by atoms with van der Waals surface area (Å²) in [6.45, 7) is 0.624. The monoisotopic (exact) mass is 362 g/mol. The van der Waals surface area contributed by atoms with Gasteiger partial charge < -0.3 is 15.3 Å². The predicted molar refractivity (Wildman–Crippen MR) is 77.9 cm³/mol. The smallest absolute Gasteiger partial charge is 0.337 e. The molecule has 0 radical (unpaired) electrons. The first-order valence-electron chi connectivity index (χ1n) is 5.37. The Morgan fingerprint density at radius 3 is 2.61 bits per heavy atom. The quantitative estimate of drug-likeness (QED) is 0.785. The number of aromatic carboxylic acids is 1. The van der Waals surface area contributed by atoms with Gasteiger partial charge in [0.05, 0.1) is 11.3 Å². The SMILES string of the molecule is CN(C)CCC(=O)Nc1ccc(I)cc1C(=O)O. The molecule has 0 saturated carbocycles. The largest absolute Gasteiger partial charge is 0.478 e. The van der Waals surface area contributed by atoms with E-state index in [1.54, 1.807) is 12.1 Å².